The zero-order valence-corrected chi connectivity index (χ0v) is 11.2. The Labute approximate surface area is 110 Å². The predicted octanol–water partition coefficient (Wildman–Crippen LogP) is 1.03. The highest BCUT2D eigenvalue weighted by atomic mass is 15.3. The molecule has 18 heavy (non-hydrogen) atoms. The van der Waals surface area contributed by atoms with Gasteiger partial charge in [0.15, 0.2) is 0 Å². The van der Waals surface area contributed by atoms with Gasteiger partial charge in [0.05, 0.1) is 6.67 Å². The van der Waals surface area contributed by atoms with Gasteiger partial charge in [-0.1, -0.05) is 36.4 Å². The first-order valence-electron chi connectivity index (χ1n) is 6.22. The van der Waals surface area contributed by atoms with Crippen molar-refractivity contribution in [2.24, 2.45) is 5.73 Å². The standard InChI is InChI=1S/C14H24N4/c1-3-9-18(13-17(2)11-15)12-16-10-14-7-5-4-6-8-14/h3-8,16H,1,9-13,15H2,2H3. The molecule has 0 fully saturated rings. The molecule has 4 nitrogen and oxygen atoms in total. The number of hydrogen-bond acceptors (Lipinski definition) is 4. The summed E-state index contributed by atoms with van der Waals surface area (Å²) in [6.45, 7) is 7.73. The number of rotatable bonds is 9. The fourth-order valence-corrected chi connectivity index (χ4v) is 1.71. The maximum atomic E-state index is 5.59. The van der Waals surface area contributed by atoms with E-state index in [0.29, 0.717) is 6.67 Å². The van der Waals surface area contributed by atoms with Gasteiger partial charge in [0.1, 0.15) is 0 Å². The first-order chi connectivity index (χ1) is 8.76. The molecule has 0 aliphatic heterocycles. The quantitative estimate of drug-likeness (QED) is 0.506. The smallest absolute Gasteiger partial charge is 0.0529 e. The molecule has 4 heteroatoms. The molecule has 0 aliphatic carbocycles. The Morgan fingerprint density at radius 3 is 2.67 bits per heavy atom. The molecule has 0 saturated carbocycles. The highest BCUT2D eigenvalue weighted by Gasteiger charge is 2.04. The van der Waals surface area contributed by atoms with Crippen molar-refractivity contribution in [1.82, 2.24) is 15.1 Å². The Morgan fingerprint density at radius 1 is 1.33 bits per heavy atom. The van der Waals surface area contributed by atoms with Gasteiger partial charge >= 0.3 is 0 Å². The van der Waals surface area contributed by atoms with Gasteiger partial charge in [-0.15, -0.1) is 6.58 Å². The third kappa shape index (κ3) is 5.93. The summed E-state index contributed by atoms with van der Waals surface area (Å²) in [6.07, 6.45) is 1.91. The molecule has 0 aromatic heterocycles. The van der Waals surface area contributed by atoms with Crippen LogP contribution in [-0.2, 0) is 6.54 Å². The lowest BCUT2D eigenvalue weighted by atomic mass is 10.2. The van der Waals surface area contributed by atoms with E-state index < -0.39 is 0 Å². The van der Waals surface area contributed by atoms with Gasteiger partial charge in [-0.3, -0.25) is 9.80 Å². The predicted molar refractivity (Wildman–Crippen MR) is 76.7 cm³/mol. The first kappa shape index (κ1) is 14.9. The average molecular weight is 248 g/mol. The molecule has 0 radical (unpaired) electrons. The molecule has 0 heterocycles. The summed E-state index contributed by atoms with van der Waals surface area (Å²) in [6, 6.07) is 10.4. The second-order valence-electron chi connectivity index (χ2n) is 4.39. The molecule has 1 rings (SSSR count). The average Bonchev–Trinajstić information content (AvgIpc) is 2.40. The highest BCUT2D eigenvalue weighted by molar-refractivity contribution is 5.14. The van der Waals surface area contributed by atoms with Crippen molar-refractivity contribution >= 4 is 0 Å². The minimum absolute atomic E-state index is 0.562. The second-order valence-corrected chi connectivity index (χ2v) is 4.39. The number of nitrogens with zero attached hydrogens (tertiary/aromatic N) is 2. The zero-order chi connectivity index (χ0) is 13.2. The van der Waals surface area contributed by atoms with Crippen LogP contribution in [-0.4, -0.2) is 43.4 Å². The third-order valence-electron chi connectivity index (χ3n) is 2.65. The van der Waals surface area contributed by atoms with Gasteiger partial charge in [0, 0.05) is 26.4 Å². The lowest BCUT2D eigenvalue weighted by Crippen LogP contribution is -2.42. The highest BCUT2D eigenvalue weighted by Crippen LogP contribution is 1.97. The Morgan fingerprint density at radius 2 is 2.06 bits per heavy atom. The van der Waals surface area contributed by atoms with E-state index in [1.165, 1.54) is 5.56 Å². The molecule has 0 saturated heterocycles. The fourth-order valence-electron chi connectivity index (χ4n) is 1.71. The molecule has 0 atom stereocenters. The molecular formula is C14H24N4. The van der Waals surface area contributed by atoms with E-state index in [-0.39, 0.29) is 0 Å². The second kappa shape index (κ2) is 8.83. The Bertz CT molecular complexity index is 326. The summed E-state index contributed by atoms with van der Waals surface area (Å²) < 4.78 is 0. The van der Waals surface area contributed by atoms with E-state index in [1.54, 1.807) is 0 Å². The van der Waals surface area contributed by atoms with Crippen LogP contribution in [0, 0.1) is 0 Å². The van der Waals surface area contributed by atoms with E-state index >= 15 is 0 Å². The number of benzene rings is 1. The van der Waals surface area contributed by atoms with E-state index in [1.807, 2.05) is 19.2 Å². The van der Waals surface area contributed by atoms with E-state index in [4.69, 9.17) is 5.73 Å². The molecule has 3 N–H and O–H groups in total. The van der Waals surface area contributed by atoms with E-state index in [9.17, 15) is 0 Å². The summed E-state index contributed by atoms with van der Waals surface area (Å²) in [7, 11) is 2.01. The number of nitrogens with one attached hydrogen (secondary N) is 1. The normalized spacial score (nSPS) is 11.1. The van der Waals surface area contributed by atoms with E-state index in [0.717, 1.165) is 26.4 Å². The zero-order valence-electron chi connectivity index (χ0n) is 11.2. The lowest BCUT2D eigenvalue weighted by Gasteiger charge is -2.26. The Balaban J connectivity index is 2.31. The van der Waals surface area contributed by atoms with Gasteiger partial charge in [-0.25, -0.2) is 0 Å². The molecular weight excluding hydrogens is 224 g/mol. The largest absolute Gasteiger partial charge is 0.318 e. The monoisotopic (exact) mass is 248 g/mol. The third-order valence-corrected chi connectivity index (χ3v) is 2.65. The Kier molecular flexibility index (Phi) is 7.29. The van der Waals surface area contributed by atoms with Crippen molar-refractivity contribution in [3.63, 3.8) is 0 Å². The minimum atomic E-state index is 0.562. The SMILES string of the molecule is C=CCN(CNCc1ccccc1)CN(C)CN. The summed E-state index contributed by atoms with van der Waals surface area (Å²) in [5, 5.41) is 3.43. The number of hydrogen-bond donors (Lipinski definition) is 2. The van der Waals surface area contributed by atoms with E-state index in [2.05, 4.69) is 46.0 Å². The summed E-state index contributed by atoms with van der Waals surface area (Å²) in [5.74, 6) is 0. The molecule has 1 aromatic carbocycles. The summed E-state index contributed by atoms with van der Waals surface area (Å²) >= 11 is 0. The fraction of sp³-hybridized carbons (Fsp3) is 0.429. The van der Waals surface area contributed by atoms with Crippen LogP contribution in [0.2, 0.25) is 0 Å². The lowest BCUT2D eigenvalue weighted by molar-refractivity contribution is 0.160. The first-order valence-corrected chi connectivity index (χ1v) is 6.22. The minimum Gasteiger partial charge on any atom is -0.318 e. The maximum Gasteiger partial charge on any atom is 0.0529 e. The van der Waals surface area contributed by atoms with Crippen LogP contribution < -0.4 is 11.1 Å². The van der Waals surface area contributed by atoms with Crippen molar-refractivity contribution in [3.05, 3.63) is 48.6 Å². The number of nitrogens with two attached hydrogens (primary N) is 1. The van der Waals surface area contributed by atoms with Crippen molar-refractivity contribution in [3.8, 4) is 0 Å². The van der Waals surface area contributed by atoms with Gasteiger partial charge in [0.2, 0.25) is 0 Å². The van der Waals surface area contributed by atoms with Crippen molar-refractivity contribution < 1.29 is 0 Å². The molecule has 1 aromatic rings. The molecule has 100 valence electrons. The molecule has 0 unspecified atom stereocenters. The van der Waals surface area contributed by atoms with Gasteiger partial charge in [-0.2, -0.15) is 0 Å². The van der Waals surface area contributed by atoms with Crippen LogP contribution in [0.1, 0.15) is 5.56 Å². The maximum absolute atomic E-state index is 5.59. The summed E-state index contributed by atoms with van der Waals surface area (Å²) in [4.78, 5) is 4.32. The summed E-state index contributed by atoms with van der Waals surface area (Å²) in [5.41, 5.74) is 6.88. The van der Waals surface area contributed by atoms with Gasteiger partial charge in [-0.05, 0) is 12.6 Å². The van der Waals surface area contributed by atoms with Crippen LogP contribution >= 0.6 is 0 Å². The van der Waals surface area contributed by atoms with Crippen LogP contribution in [0.5, 0.6) is 0 Å². The Hall–Kier alpha value is -1.20. The van der Waals surface area contributed by atoms with Gasteiger partial charge < -0.3 is 11.1 Å². The molecule has 0 bridgehead atoms. The topological polar surface area (TPSA) is 44.5 Å². The molecule has 0 aliphatic rings. The van der Waals surface area contributed by atoms with Crippen LogP contribution in [0.4, 0.5) is 0 Å². The van der Waals surface area contributed by atoms with Crippen molar-refractivity contribution in [2.45, 2.75) is 6.54 Å². The van der Waals surface area contributed by atoms with Crippen LogP contribution in [0.15, 0.2) is 43.0 Å². The molecule has 0 amide bonds. The van der Waals surface area contributed by atoms with Crippen LogP contribution in [0.25, 0.3) is 0 Å². The van der Waals surface area contributed by atoms with Crippen molar-refractivity contribution in [1.29, 1.82) is 0 Å². The van der Waals surface area contributed by atoms with Crippen LogP contribution in [0.3, 0.4) is 0 Å². The molecule has 0 spiro atoms. The van der Waals surface area contributed by atoms with Crippen molar-refractivity contribution in [2.75, 3.05) is 33.6 Å². The van der Waals surface area contributed by atoms with Gasteiger partial charge in [0.25, 0.3) is 0 Å².